The normalized spacial score (nSPS) is 10.0. The molecule has 0 saturated carbocycles. The van der Waals surface area contributed by atoms with Gasteiger partial charge < -0.3 is 15.0 Å². The van der Waals surface area contributed by atoms with Crippen LogP contribution in [0.15, 0.2) is 54.6 Å². The molecule has 5 heteroatoms. The second-order valence-electron chi connectivity index (χ2n) is 4.88. The average molecular weight is 312 g/mol. The van der Waals surface area contributed by atoms with Gasteiger partial charge in [0.05, 0.1) is 13.7 Å². The molecule has 0 radical (unpaired) electrons. The quantitative estimate of drug-likeness (QED) is 0.891. The van der Waals surface area contributed by atoms with Gasteiger partial charge >= 0.3 is 0 Å². The van der Waals surface area contributed by atoms with Crippen LogP contribution >= 0.6 is 0 Å². The maximum Gasteiger partial charge on any atom is 0.251 e. The third-order valence-electron chi connectivity index (χ3n) is 3.44. The Morgan fingerprint density at radius 2 is 1.70 bits per heavy atom. The van der Waals surface area contributed by atoms with Crippen LogP contribution < -0.4 is 15.0 Å². The number of methoxy groups -OCH3 is 1. The summed E-state index contributed by atoms with van der Waals surface area (Å²) in [5.41, 5.74) is 1.31. The fourth-order valence-corrected chi connectivity index (χ4v) is 2.21. The van der Waals surface area contributed by atoms with E-state index in [2.05, 4.69) is 5.32 Å². The largest absolute Gasteiger partial charge is 0.497 e. The summed E-state index contributed by atoms with van der Waals surface area (Å²) < 4.78 is 5.05. The smallest absolute Gasteiger partial charge is 0.251 e. The van der Waals surface area contributed by atoms with Gasteiger partial charge in [-0.3, -0.25) is 9.59 Å². The standard InChI is InChI=1S/C18H20N2O3/c1-3-20(15-7-5-4-6-8-15)17(21)13-19-18(22)14-9-11-16(23-2)12-10-14/h4-12H,3,13H2,1-2H3,(H,19,22). The van der Waals surface area contributed by atoms with E-state index in [0.29, 0.717) is 17.9 Å². The molecule has 1 N–H and O–H groups in total. The highest BCUT2D eigenvalue weighted by Gasteiger charge is 2.15. The van der Waals surface area contributed by atoms with Crippen molar-refractivity contribution in [2.75, 3.05) is 25.1 Å². The summed E-state index contributed by atoms with van der Waals surface area (Å²) in [7, 11) is 1.57. The van der Waals surface area contributed by atoms with Gasteiger partial charge in [-0.15, -0.1) is 0 Å². The fraction of sp³-hybridized carbons (Fsp3) is 0.222. The lowest BCUT2D eigenvalue weighted by Crippen LogP contribution is -2.40. The Morgan fingerprint density at radius 1 is 1.04 bits per heavy atom. The number of nitrogens with zero attached hydrogens (tertiary/aromatic N) is 1. The molecule has 2 amide bonds. The first-order valence-corrected chi connectivity index (χ1v) is 7.43. The lowest BCUT2D eigenvalue weighted by molar-refractivity contribution is -0.117. The molecular weight excluding hydrogens is 292 g/mol. The van der Waals surface area contributed by atoms with Gasteiger partial charge in [-0.1, -0.05) is 18.2 Å². The number of para-hydroxylation sites is 1. The van der Waals surface area contributed by atoms with E-state index in [0.717, 1.165) is 5.69 Å². The first kappa shape index (κ1) is 16.5. The van der Waals surface area contributed by atoms with E-state index >= 15 is 0 Å². The molecule has 23 heavy (non-hydrogen) atoms. The monoisotopic (exact) mass is 312 g/mol. The summed E-state index contributed by atoms with van der Waals surface area (Å²) in [6.45, 7) is 2.39. The van der Waals surface area contributed by atoms with Crippen LogP contribution in [0, 0.1) is 0 Å². The molecule has 2 rings (SSSR count). The van der Waals surface area contributed by atoms with Crippen molar-refractivity contribution in [1.29, 1.82) is 0 Å². The summed E-state index contributed by atoms with van der Waals surface area (Å²) in [4.78, 5) is 26.0. The topological polar surface area (TPSA) is 58.6 Å². The number of ether oxygens (including phenoxy) is 1. The Bertz CT molecular complexity index is 654. The SMILES string of the molecule is CCN(C(=O)CNC(=O)c1ccc(OC)cc1)c1ccccc1. The maximum absolute atomic E-state index is 12.3. The first-order valence-electron chi connectivity index (χ1n) is 7.43. The number of likely N-dealkylation sites (N-methyl/N-ethyl adjacent to an activating group) is 1. The van der Waals surface area contributed by atoms with Gasteiger partial charge in [0.1, 0.15) is 5.75 Å². The molecule has 2 aromatic rings. The van der Waals surface area contributed by atoms with Crippen LogP contribution in [-0.2, 0) is 4.79 Å². The number of amides is 2. The van der Waals surface area contributed by atoms with Crippen molar-refractivity contribution in [3.63, 3.8) is 0 Å². The number of benzene rings is 2. The summed E-state index contributed by atoms with van der Waals surface area (Å²) in [5.74, 6) is 0.240. The predicted octanol–water partition coefficient (Wildman–Crippen LogP) is 2.48. The van der Waals surface area contributed by atoms with Crippen molar-refractivity contribution in [1.82, 2.24) is 5.32 Å². The van der Waals surface area contributed by atoms with Crippen LogP contribution in [0.25, 0.3) is 0 Å². The average Bonchev–Trinajstić information content (AvgIpc) is 2.61. The van der Waals surface area contributed by atoms with E-state index in [1.54, 1.807) is 36.3 Å². The van der Waals surface area contributed by atoms with Crippen molar-refractivity contribution in [2.24, 2.45) is 0 Å². The molecule has 0 heterocycles. The summed E-state index contributed by atoms with van der Waals surface area (Å²) in [6.07, 6.45) is 0. The number of carbonyl (C=O) groups excluding carboxylic acids is 2. The van der Waals surface area contributed by atoms with Crippen LogP contribution in [0.2, 0.25) is 0 Å². The van der Waals surface area contributed by atoms with Crippen LogP contribution in [0.4, 0.5) is 5.69 Å². The third-order valence-corrected chi connectivity index (χ3v) is 3.44. The molecule has 0 aliphatic carbocycles. The van der Waals surface area contributed by atoms with Crippen LogP contribution in [0.1, 0.15) is 17.3 Å². The fourth-order valence-electron chi connectivity index (χ4n) is 2.21. The Balaban J connectivity index is 1.95. The lowest BCUT2D eigenvalue weighted by atomic mass is 10.2. The molecule has 5 nitrogen and oxygen atoms in total. The minimum Gasteiger partial charge on any atom is -0.497 e. The van der Waals surface area contributed by atoms with Crippen molar-refractivity contribution in [3.8, 4) is 5.75 Å². The van der Waals surface area contributed by atoms with Gasteiger partial charge in [0.15, 0.2) is 0 Å². The molecule has 0 spiro atoms. The van der Waals surface area contributed by atoms with Crippen molar-refractivity contribution < 1.29 is 14.3 Å². The minimum absolute atomic E-state index is 0.0480. The van der Waals surface area contributed by atoms with E-state index in [1.807, 2.05) is 37.3 Å². The number of hydrogen-bond donors (Lipinski definition) is 1. The zero-order chi connectivity index (χ0) is 16.7. The second-order valence-corrected chi connectivity index (χ2v) is 4.88. The Kier molecular flexibility index (Phi) is 5.74. The zero-order valence-electron chi connectivity index (χ0n) is 13.3. The van der Waals surface area contributed by atoms with E-state index < -0.39 is 0 Å². The highest BCUT2D eigenvalue weighted by Crippen LogP contribution is 2.13. The molecule has 0 aromatic heterocycles. The molecule has 2 aromatic carbocycles. The second kappa shape index (κ2) is 7.98. The number of anilines is 1. The minimum atomic E-state index is -0.287. The van der Waals surface area contributed by atoms with E-state index in [9.17, 15) is 9.59 Å². The van der Waals surface area contributed by atoms with Crippen molar-refractivity contribution >= 4 is 17.5 Å². The lowest BCUT2D eigenvalue weighted by Gasteiger charge is -2.21. The van der Waals surface area contributed by atoms with Gasteiger partial charge in [0.2, 0.25) is 5.91 Å². The van der Waals surface area contributed by atoms with Gasteiger partial charge in [-0.25, -0.2) is 0 Å². The molecule has 0 saturated heterocycles. The maximum atomic E-state index is 12.3. The molecule has 0 fully saturated rings. The number of hydrogen-bond acceptors (Lipinski definition) is 3. The van der Waals surface area contributed by atoms with Gasteiger partial charge in [0.25, 0.3) is 5.91 Å². The first-order chi connectivity index (χ1) is 11.2. The molecule has 0 aliphatic heterocycles. The van der Waals surface area contributed by atoms with Crippen molar-refractivity contribution in [3.05, 3.63) is 60.2 Å². The van der Waals surface area contributed by atoms with E-state index in [-0.39, 0.29) is 18.4 Å². The molecule has 0 unspecified atom stereocenters. The van der Waals surface area contributed by atoms with Gasteiger partial charge in [0, 0.05) is 17.8 Å². The number of rotatable bonds is 6. The zero-order valence-corrected chi connectivity index (χ0v) is 13.3. The summed E-state index contributed by atoms with van der Waals surface area (Å²) >= 11 is 0. The summed E-state index contributed by atoms with van der Waals surface area (Å²) in [6, 6.07) is 16.1. The highest BCUT2D eigenvalue weighted by molar-refractivity contribution is 6.00. The Morgan fingerprint density at radius 3 is 2.26 bits per heavy atom. The van der Waals surface area contributed by atoms with Gasteiger partial charge in [-0.05, 0) is 43.3 Å². The molecular formula is C18H20N2O3. The predicted molar refractivity (Wildman–Crippen MR) is 89.8 cm³/mol. The van der Waals surface area contributed by atoms with Crippen LogP contribution in [-0.4, -0.2) is 32.0 Å². The van der Waals surface area contributed by atoms with Crippen LogP contribution in [0.5, 0.6) is 5.75 Å². The number of carbonyl (C=O) groups is 2. The Hall–Kier alpha value is -2.82. The third kappa shape index (κ3) is 4.32. The molecule has 0 aliphatic rings. The Labute approximate surface area is 135 Å². The molecule has 0 bridgehead atoms. The molecule has 120 valence electrons. The molecule has 0 atom stereocenters. The van der Waals surface area contributed by atoms with Gasteiger partial charge in [-0.2, -0.15) is 0 Å². The van der Waals surface area contributed by atoms with E-state index in [1.165, 1.54) is 0 Å². The highest BCUT2D eigenvalue weighted by atomic mass is 16.5. The van der Waals surface area contributed by atoms with Crippen molar-refractivity contribution in [2.45, 2.75) is 6.92 Å². The number of nitrogens with one attached hydrogen (secondary N) is 1. The van der Waals surface area contributed by atoms with E-state index in [4.69, 9.17) is 4.74 Å². The summed E-state index contributed by atoms with van der Waals surface area (Å²) in [5, 5.41) is 2.65. The van der Waals surface area contributed by atoms with Crippen LogP contribution in [0.3, 0.4) is 0 Å².